The summed E-state index contributed by atoms with van der Waals surface area (Å²) in [6, 6.07) is 22.7. The summed E-state index contributed by atoms with van der Waals surface area (Å²) in [6.07, 6.45) is 0. The Balaban J connectivity index is 1.63. The Hall–Kier alpha value is -3.24. The Labute approximate surface area is 164 Å². The Morgan fingerprint density at radius 2 is 0.643 bits per heavy atom. The lowest BCUT2D eigenvalue weighted by molar-refractivity contribution is 0.604. The SMILES string of the molecule is O=S(=O)(Nc1ccccc1)Nc1ccc(NS(=O)(=O)Nc2ccccc2)cc1. The second-order valence-corrected chi connectivity index (χ2v) is 8.55. The van der Waals surface area contributed by atoms with Gasteiger partial charge >= 0.3 is 20.4 Å². The average Bonchev–Trinajstić information content (AvgIpc) is 2.64. The molecule has 0 saturated carbocycles. The number of rotatable bonds is 8. The molecule has 0 heterocycles. The van der Waals surface area contributed by atoms with Gasteiger partial charge in [-0.05, 0) is 48.5 Å². The fraction of sp³-hybridized carbons (Fsp3) is 0. The molecular weight excluding hydrogens is 400 g/mol. The summed E-state index contributed by atoms with van der Waals surface area (Å²) in [5.74, 6) is 0. The van der Waals surface area contributed by atoms with Crippen molar-refractivity contribution >= 4 is 43.2 Å². The number of nitrogens with one attached hydrogen (secondary N) is 4. The number of benzene rings is 3. The van der Waals surface area contributed by atoms with Crippen molar-refractivity contribution in [1.82, 2.24) is 0 Å². The van der Waals surface area contributed by atoms with Crippen molar-refractivity contribution in [2.75, 3.05) is 18.9 Å². The van der Waals surface area contributed by atoms with E-state index in [-0.39, 0.29) is 11.4 Å². The molecule has 0 unspecified atom stereocenters. The van der Waals surface area contributed by atoms with E-state index in [0.717, 1.165) is 0 Å². The van der Waals surface area contributed by atoms with Crippen LogP contribution in [0.25, 0.3) is 0 Å². The van der Waals surface area contributed by atoms with Crippen LogP contribution in [0.15, 0.2) is 84.9 Å². The molecule has 3 aromatic rings. The van der Waals surface area contributed by atoms with Gasteiger partial charge in [-0.3, -0.25) is 18.9 Å². The molecule has 0 fully saturated rings. The smallest absolute Gasteiger partial charge is 0.267 e. The van der Waals surface area contributed by atoms with E-state index in [0.29, 0.717) is 11.4 Å². The van der Waals surface area contributed by atoms with Crippen LogP contribution in [-0.2, 0) is 20.4 Å². The standard InChI is InChI=1S/C18H18N4O4S2/c23-27(24,19-15-7-3-1-4-8-15)21-17-11-13-18(14-12-17)22-28(25,26)20-16-9-5-2-6-10-16/h1-14,19-22H. The highest BCUT2D eigenvalue weighted by atomic mass is 32.2. The van der Waals surface area contributed by atoms with Crippen molar-refractivity contribution in [2.45, 2.75) is 0 Å². The van der Waals surface area contributed by atoms with Crippen LogP contribution in [0.2, 0.25) is 0 Å². The number of anilines is 4. The quantitative estimate of drug-likeness (QED) is 0.449. The molecule has 10 heteroatoms. The maximum Gasteiger partial charge on any atom is 0.321 e. The van der Waals surface area contributed by atoms with Crippen molar-refractivity contribution in [1.29, 1.82) is 0 Å². The molecule has 0 bridgehead atoms. The Kier molecular flexibility index (Phi) is 5.71. The molecule has 3 aromatic carbocycles. The molecule has 0 aliphatic heterocycles. The van der Waals surface area contributed by atoms with E-state index in [1.807, 2.05) is 0 Å². The zero-order valence-corrected chi connectivity index (χ0v) is 16.2. The fourth-order valence-corrected chi connectivity index (χ4v) is 4.18. The fourth-order valence-electron chi connectivity index (χ4n) is 2.29. The molecule has 0 radical (unpaired) electrons. The maximum absolute atomic E-state index is 12.1. The van der Waals surface area contributed by atoms with Gasteiger partial charge in [-0.2, -0.15) is 16.8 Å². The van der Waals surface area contributed by atoms with Gasteiger partial charge in [-0.25, -0.2) is 0 Å². The van der Waals surface area contributed by atoms with E-state index >= 15 is 0 Å². The van der Waals surface area contributed by atoms with Crippen molar-refractivity contribution in [2.24, 2.45) is 0 Å². The largest absolute Gasteiger partial charge is 0.321 e. The van der Waals surface area contributed by atoms with Gasteiger partial charge in [0.25, 0.3) is 0 Å². The Morgan fingerprint density at radius 3 is 0.929 bits per heavy atom. The van der Waals surface area contributed by atoms with Crippen LogP contribution in [0.1, 0.15) is 0 Å². The lowest BCUT2D eigenvalue weighted by atomic mass is 10.3. The maximum atomic E-state index is 12.1. The van der Waals surface area contributed by atoms with Crippen LogP contribution in [0, 0.1) is 0 Å². The predicted molar refractivity (Wildman–Crippen MR) is 112 cm³/mol. The minimum atomic E-state index is -3.83. The molecule has 0 atom stereocenters. The number of para-hydroxylation sites is 2. The lowest BCUT2D eigenvalue weighted by Crippen LogP contribution is -2.22. The van der Waals surface area contributed by atoms with E-state index in [4.69, 9.17) is 0 Å². The second kappa shape index (κ2) is 8.19. The van der Waals surface area contributed by atoms with Gasteiger partial charge in [-0.15, -0.1) is 0 Å². The van der Waals surface area contributed by atoms with Crippen molar-refractivity contribution < 1.29 is 16.8 Å². The average molecular weight is 419 g/mol. The topological polar surface area (TPSA) is 116 Å². The van der Waals surface area contributed by atoms with Gasteiger partial charge in [0, 0.05) is 0 Å². The lowest BCUT2D eigenvalue weighted by Gasteiger charge is -2.12. The third kappa shape index (κ3) is 5.89. The van der Waals surface area contributed by atoms with E-state index in [1.165, 1.54) is 24.3 Å². The second-order valence-electron chi connectivity index (χ2n) is 5.72. The first-order valence-electron chi connectivity index (χ1n) is 8.13. The third-order valence-corrected chi connectivity index (χ3v) is 5.46. The minimum absolute atomic E-state index is 0.280. The highest BCUT2D eigenvalue weighted by Gasteiger charge is 2.12. The minimum Gasteiger partial charge on any atom is -0.267 e. The molecular formula is C18H18N4O4S2. The monoisotopic (exact) mass is 418 g/mol. The van der Waals surface area contributed by atoms with E-state index in [9.17, 15) is 16.8 Å². The normalized spacial score (nSPS) is 11.4. The summed E-state index contributed by atoms with van der Waals surface area (Å²) in [7, 11) is -7.65. The molecule has 8 nitrogen and oxygen atoms in total. The summed E-state index contributed by atoms with van der Waals surface area (Å²) in [5, 5.41) is 0. The zero-order valence-electron chi connectivity index (χ0n) is 14.5. The van der Waals surface area contributed by atoms with Gasteiger partial charge in [0.1, 0.15) is 0 Å². The Bertz CT molecular complexity index is 1030. The summed E-state index contributed by atoms with van der Waals surface area (Å²) in [5.41, 5.74) is 1.41. The molecule has 146 valence electrons. The molecule has 0 spiro atoms. The summed E-state index contributed by atoms with van der Waals surface area (Å²) < 4.78 is 58.1. The first-order chi connectivity index (χ1) is 13.3. The van der Waals surface area contributed by atoms with Gasteiger partial charge < -0.3 is 0 Å². The predicted octanol–water partition coefficient (Wildman–Crippen LogP) is 3.22. The number of hydrogen-bond donors (Lipinski definition) is 4. The highest BCUT2D eigenvalue weighted by molar-refractivity contribution is 7.94. The van der Waals surface area contributed by atoms with Crippen molar-refractivity contribution in [3.05, 3.63) is 84.9 Å². The third-order valence-electron chi connectivity index (χ3n) is 3.44. The van der Waals surface area contributed by atoms with E-state index in [1.54, 1.807) is 60.7 Å². The van der Waals surface area contributed by atoms with Gasteiger partial charge in [0.05, 0.1) is 22.7 Å². The van der Waals surface area contributed by atoms with Gasteiger partial charge in [-0.1, -0.05) is 36.4 Å². The van der Waals surface area contributed by atoms with Crippen LogP contribution in [0.4, 0.5) is 22.7 Å². The molecule has 0 aromatic heterocycles. The van der Waals surface area contributed by atoms with Crippen LogP contribution in [-0.4, -0.2) is 16.8 Å². The molecule has 3 rings (SSSR count). The first-order valence-corrected chi connectivity index (χ1v) is 11.1. The van der Waals surface area contributed by atoms with Gasteiger partial charge in [0.2, 0.25) is 0 Å². The Morgan fingerprint density at radius 1 is 0.393 bits per heavy atom. The van der Waals surface area contributed by atoms with Crippen LogP contribution < -0.4 is 18.9 Å². The van der Waals surface area contributed by atoms with E-state index < -0.39 is 20.4 Å². The molecule has 0 amide bonds. The molecule has 0 aliphatic carbocycles. The number of hydrogen-bond acceptors (Lipinski definition) is 4. The van der Waals surface area contributed by atoms with Crippen molar-refractivity contribution in [3.63, 3.8) is 0 Å². The first kappa shape index (κ1) is 19.5. The zero-order chi connectivity index (χ0) is 20.0. The highest BCUT2D eigenvalue weighted by Crippen LogP contribution is 2.18. The summed E-state index contributed by atoms with van der Waals surface area (Å²) in [4.78, 5) is 0. The van der Waals surface area contributed by atoms with Crippen LogP contribution in [0.3, 0.4) is 0 Å². The van der Waals surface area contributed by atoms with Crippen molar-refractivity contribution in [3.8, 4) is 0 Å². The summed E-state index contributed by atoms with van der Waals surface area (Å²) >= 11 is 0. The molecule has 0 aliphatic rings. The van der Waals surface area contributed by atoms with Crippen LogP contribution >= 0.6 is 0 Å². The van der Waals surface area contributed by atoms with Gasteiger partial charge in [0.15, 0.2) is 0 Å². The summed E-state index contributed by atoms with van der Waals surface area (Å²) in [6.45, 7) is 0. The van der Waals surface area contributed by atoms with Crippen LogP contribution in [0.5, 0.6) is 0 Å². The molecule has 28 heavy (non-hydrogen) atoms. The molecule has 0 saturated heterocycles. The molecule has 4 N–H and O–H groups in total. The van der Waals surface area contributed by atoms with E-state index in [2.05, 4.69) is 18.9 Å².